The van der Waals surface area contributed by atoms with Gasteiger partial charge in [0.15, 0.2) is 5.58 Å². The van der Waals surface area contributed by atoms with E-state index in [4.69, 9.17) is 16.6 Å². The number of allylic oxidation sites excluding steroid dienone is 5. The zero-order valence-corrected chi connectivity index (χ0v) is 16.5. The zero-order valence-electron chi connectivity index (χ0n) is 15.7. The van der Waals surface area contributed by atoms with Crippen molar-refractivity contribution < 1.29 is 9.52 Å². The first-order valence-corrected chi connectivity index (χ1v) is 10.0. The second-order valence-corrected chi connectivity index (χ2v) is 7.02. The topological polar surface area (TPSA) is 53.5 Å². The molecular weight excluding hydrogens is 356 g/mol. The van der Waals surface area contributed by atoms with Crippen molar-refractivity contribution in [3.8, 4) is 0 Å². The second kappa shape index (κ2) is 9.51. The van der Waals surface area contributed by atoms with Crippen LogP contribution in [0.25, 0.3) is 17.0 Å². The maximum Gasteiger partial charge on any atom is 0.273 e. The Balaban J connectivity index is 1.65. The molecule has 0 aliphatic heterocycles. The number of hydrogen-bond acceptors (Lipinski definition) is 4. The minimum Gasteiger partial charge on any atom is -0.859 e. The molecule has 0 unspecified atom stereocenters. The summed E-state index contributed by atoms with van der Waals surface area (Å²) in [6.45, 7) is 3.06. The Morgan fingerprint density at radius 2 is 1.74 bits per heavy atom. The SMILES string of the molecule is CCCCCCCCN=C1C=CC(=C([O-])n2c(=S)oc3ccccc32)C=C1. The molecular formula is C22H25N2O2S-. The first-order chi connectivity index (χ1) is 13.2. The van der Waals surface area contributed by atoms with Crippen molar-refractivity contribution in [1.82, 2.24) is 4.57 Å². The molecule has 0 saturated carbocycles. The highest BCUT2D eigenvalue weighted by atomic mass is 32.1. The van der Waals surface area contributed by atoms with E-state index in [1.54, 1.807) is 18.2 Å². The molecule has 0 radical (unpaired) electrons. The Kier molecular flexibility index (Phi) is 6.82. The van der Waals surface area contributed by atoms with E-state index in [9.17, 15) is 5.11 Å². The Morgan fingerprint density at radius 1 is 1.04 bits per heavy atom. The summed E-state index contributed by atoms with van der Waals surface area (Å²) in [6.07, 6.45) is 14.9. The van der Waals surface area contributed by atoms with Gasteiger partial charge >= 0.3 is 0 Å². The van der Waals surface area contributed by atoms with Gasteiger partial charge in [-0.05, 0) is 54.4 Å². The van der Waals surface area contributed by atoms with Crippen molar-refractivity contribution in [2.45, 2.75) is 45.4 Å². The number of para-hydroxylation sites is 2. The maximum atomic E-state index is 12.8. The average Bonchev–Trinajstić information content (AvgIpc) is 3.03. The van der Waals surface area contributed by atoms with Gasteiger partial charge in [0.25, 0.3) is 4.84 Å². The highest BCUT2D eigenvalue weighted by Crippen LogP contribution is 2.22. The van der Waals surface area contributed by atoms with Crippen LogP contribution in [0.15, 0.2) is 63.6 Å². The van der Waals surface area contributed by atoms with E-state index < -0.39 is 0 Å². The smallest absolute Gasteiger partial charge is 0.273 e. The molecule has 0 fully saturated rings. The summed E-state index contributed by atoms with van der Waals surface area (Å²) in [5.74, 6) is -0.188. The first-order valence-electron chi connectivity index (χ1n) is 9.63. The molecule has 4 nitrogen and oxygen atoms in total. The van der Waals surface area contributed by atoms with Gasteiger partial charge in [-0.1, -0.05) is 63.3 Å². The molecule has 2 aromatic rings. The number of hydrogen-bond donors (Lipinski definition) is 0. The third-order valence-electron chi connectivity index (χ3n) is 4.61. The molecule has 0 saturated heterocycles. The van der Waals surface area contributed by atoms with Crippen LogP contribution in [0.1, 0.15) is 45.4 Å². The second-order valence-electron chi connectivity index (χ2n) is 6.67. The molecule has 1 aromatic heterocycles. The van der Waals surface area contributed by atoms with E-state index in [-0.39, 0.29) is 10.7 Å². The largest absolute Gasteiger partial charge is 0.859 e. The molecule has 0 amide bonds. The molecule has 1 aromatic carbocycles. The number of fused-ring (bicyclic) bond motifs is 1. The Labute approximate surface area is 165 Å². The Bertz CT molecular complexity index is 942. The van der Waals surface area contributed by atoms with Crippen LogP contribution in [0.5, 0.6) is 0 Å². The monoisotopic (exact) mass is 381 g/mol. The van der Waals surface area contributed by atoms with Crippen molar-refractivity contribution in [3.63, 3.8) is 0 Å². The third-order valence-corrected chi connectivity index (χ3v) is 4.88. The number of unbranched alkanes of at least 4 members (excludes halogenated alkanes) is 5. The van der Waals surface area contributed by atoms with E-state index >= 15 is 0 Å². The van der Waals surface area contributed by atoms with Gasteiger partial charge < -0.3 is 9.52 Å². The van der Waals surface area contributed by atoms with Crippen LogP contribution in [-0.4, -0.2) is 16.8 Å². The molecule has 0 spiro atoms. The van der Waals surface area contributed by atoms with Crippen LogP contribution in [0.3, 0.4) is 0 Å². The van der Waals surface area contributed by atoms with Crippen LogP contribution < -0.4 is 5.11 Å². The fourth-order valence-electron chi connectivity index (χ4n) is 3.10. The van der Waals surface area contributed by atoms with Gasteiger partial charge in [-0.3, -0.25) is 9.56 Å². The predicted octanol–water partition coefficient (Wildman–Crippen LogP) is 5.42. The molecule has 1 heterocycles. The minimum atomic E-state index is -0.188. The van der Waals surface area contributed by atoms with Crippen molar-refractivity contribution in [1.29, 1.82) is 0 Å². The molecule has 0 N–H and O–H groups in total. The van der Waals surface area contributed by atoms with Gasteiger partial charge in [0, 0.05) is 6.54 Å². The van der Waals surface area contributed by atoms with Gasteiger partial charge in [-0.2, -0.15) is 0 Å². The third kappa shape index (κ3) is 4.86. The summed E-state index contributed by atoms with van der Waals surface area (Å²) in [5.41, 5.74) is 2.77. The predicted molar refractivity (Wildman–Crippen MR) is 112 cm³/mol. The van der Waals surface area contributed by atoms with E-state index in [0.29, 0.717) is 16.7 Å². The zero-order chi connectivity index (χ0) is 19.1. The van der Waals surface area contributed by atoms with Crippen molar-refractivity contribution in [3.05, 3.63) is 59.0 Å². The molecule has 1 aliphatic rings. The average molecular weight is 382 g/mol. The lowest BCUT2D eigenvalue weighted by atomic mass is 10.1. The lowest BCUT2D eigenvalue weighted by Crippen LogP contribution is -2.14. The van der Waals surface area contributed by atoms with Crippen molar-refractivity contribution in [2.75, 3.05) is 6.54 Å². The summed E-state index contributed by atoms with van der Waals surface area (Å²) in [7, 11) is 0. The highest BCUT2D eigenvalue weighted by Gasteiger charge is 2.08. The number of aliphatic imine (C=N–C) groups is 1. The molecule has 142 valence electrons. The van der Waals surface area contributed by atoms with E-state index in [2.05, 4.69) is 11.9 Å². The van der Waals surface area contributed by atoms with E-state index in [0.717, 1.165) is 18.7 Å². The molecule has 5 heteroatoms. The van der Waals surface area contributed by atoms with Crippen molar-refractivity contribution >= 4 is 34.9 Å². The normalized spacial score (nSPS) is 13.5. The number of aromatic nitrogens is 1. The molecule has 3 rings (SSSR count). The summed E-state index contributed by atoms with van der Waals surface area (Å²) >= 11 is 5.22. The number of oxazole rings is 1. The van der Waals surface area contributed by atoms with Crippen LogP contribution >= 0.6 is 12.2 Å². The van der Waals surface area contributed by atoms with Crippen LogP contribution in [0.2, 0.25) is 0 Å². The quantitative estimate of drug-likeness (QED) is 0.348. The van der Waals surface area contributed by atoms with Gasteiger partial charge in [-0.15, -0.1) is 0 Å². The van der Waals surface area contributed by atoms with Gasteiger partial charge in [0.05, 0.1) is 11.2 Å². The standard InChI is InChI=1S/C22H26N2O2S/c1-2-3-4-5-6-9-16-23-18-14-12-17(13-15-18)21(25)24-19-10-7-8-11-20(19)26-22(24)27/h7-8,10-15,25H,2-6,9,16H2,1H3/p-1. The van der Waals surface area contributed by atoms with Crippen LogP contribution in [0.4, 0.5) is 0 Å². The lowest BCUT2D eigenvalue weighted by molar-refractivity contribution is -0.255. The number of nitrogens with zero attached hydrogens (tertiary/aromatic N) is 2. The summed E-state index contributed by atoms with van der Waals surface area (Å²) < 4.78 is 6.94. The fraction of sp³-hybridized carbons (Fsp3) is 0.364. The van der Waals surface area contributed by atoms with Crippen molar-refractivity contribution in [2.24, 2.45) is 4.99 Å². The van der Waals surface area contributed by atoms with E-state index in [1.165, 1.54) is 36.7 Å². The summed E-state index contributed by atoms with van der Waals surface area (Å²) in [6, 6.07) is 7.35. The lowest BCUT2D eigenvalue weighted by Gasteiger charge is -2.18. The molecule has 1 aliphatic carbocycles. The molecule has 27 heavy (non-hydrogen) atoms. The summed E-state index contributed by atoms with van der Waals surface area (Å²) in [4.78, 5) is 4.76. The first kappa shape index (κ1) is 19.4. The van der Waals surface area contributed by atoms with Gasteiger partial charge in [0.1, 0.15) is 0 Å². The summed E-state index contributed by atoms with van der Waals surface area (Å²) in [5, 5.41) is 12.8. The Hall–Kier alpha value is -2.40. The highest BCUT2D eigenvalue weighted by molar-refractivity contribution is 7.71. The number of benzene rings is 1. The van der Waals surface area contributed by atoms with Crippen LogP contribution in [0, 0.1) is 4.84 Å². The fourth-order valence-corrected chi connectivity index (χ4v) is 3.37. The molecule has 0 atom stereocenters. The van der Waals surface area contributed by atoms with Gasteiger partial charge in [0.2, 0.25) is 0 Å². The Morgan fingerprint density at radius 3 is 2.52 bits per heavy atom. The molecule has 0 bridgehead atoms. The van der Waals surface area contributed by atoms with Gasteiger partial charge in [-0.25, -0.2) is 0 Å². The maximum absolute atomic E-state index is 12.8. The van der Waals surface area contributed by atoms with Crippen LogP contribution in [-0.2, 0) is 0 Å². The number of rotatable bonds is 8. The van der Waals surface area contributed by atoms with E-state index in [1.807, 2.05) is 30.4 Å². The minimum absolute atomic E-state index is 0.165.